The maximum absolute atomic E-state index is 14.0. The fraction of sp³-hybridized carbons (Fsp3) is 0.567. The number of anilines is 1. The van der Waals surface area contributed by atoms with Crippen LogP contribution in [0, 0.1) is 17.8 Å². The number of hydrogen-bond donors (Lipinski definition) is 5. The van der Waals surface area contributed by atoms with E-state index >= 15 is 0 Å². The van der Waals surface area contributed by atoms with Crippen LogP contribution in [0.5, 0.6) is 5.75 Å². The zero-order valence-corrected chi connectivity index (χ0v) is 24.9. The number of aliphatic hydroxyl groups is 3. The number of likely N-dealkylation sites (N-methyl/N-ethyl adjacent to an activating group) is 1. The number of hydrogen-bond acceptors (Lipinski definition) is 10. The number of nitrogens with two attached hydrogens (primary N) is 1. The van der Waals surface area contributed by atoms with Crippen LogP contribution >= 0.6 is 0 Å². The van der Waals surface area contributed by atoms with Gasteiger partial charge in [-0.05, 0) is 76.0 Å². The largest absolute Gasteiger partial charge is 0.510 e. The molecular formula is C30H42N4O7. The Hall–Kier alpha value is -3.41. The highest BCUT2D eigenvalue weighted by Crippen LogP contribution is 2.53. The number of carbonyl (C=O) groups excluding carboxylic acids is 3. The molecule has 0 saturated heterocycles. The summed E-state index contributed by atoms with van der Waals surface area (Å²) in [6.07, 6.45) is 1.31. The van der Waals surface area contributed by atoms with Crippen LogP contribution in [-0.2, 0) is 22.6 Å². The molecule has 0 radical (unpaired) electrons. The molecule has 1 aromatic rings. The molecule has 0 bridgehead atoms. The minimum absolute atomic E-state index is 0.0167. The summed E-state index contributed by atoms with van der Waals surface area (Å²) in [5, 5.41) is 45.3. The zero-order chi connectivity index (χ0) is 30.7. The second-order valence-corrected chi connectivity index (χ2v) is 12.5. The Kier molecular flexibility index (Phi) is 8.03. The second-order valence-electron chi connectivity index (χ2n) is 12.5. The van der Waals surface area contributed by atoms with E-state index < -0.39 is 58.0 Å². The molecular weight excluding hydrogens is 528 g/mol. The van der Waals surface area contributed by atoms with Gasteiger partial charge in [0.2, 0.25) is 5.78 Å². The molecule has 3 aliphatic rings. The van der Waals surface area contributed by atoms with E-state index in [0.29, 0.717) is 18.0 Å². The van der Waals surface area contributed by atoms with Crippen molar-refractivity contribution < 1.29 is 34.8 Å². The molecule has 4 atom stereocenters. The van der Waals surface area contributed by atoms with Crippen LogP contribution in [0.15, 0.2) is 28.7 Å². The Morgan fingerprint density at radius 3 is 2.29 bits per heavy atom. The summed E-state index contributed by atoms with van der Waals surface area (Å²) in [5.41, 5.74) is 4.05. The number of nitrogens with zero attached hydrogens (tertiary/aromatic N) is 3. The maximum Gasteiger partial charge on any atom is 0.255 e. The fourth-order valence-electron chi connectivity index (χ4n) is 6.90. The molecule has 3 aliphatic carbocycles. The topological polar surface area (TPSA) is 168 Å². The Balaban J connectivity index is 1.88. The van der Waals surface area contributed by atoms with Crippen molar-refractivity contribution in [2.45, 2.75) is 51.3 Å². The molecule has 0 unspecified atom stereocenters. The van der Waals surface area contributed by atoms with Crippen LogP contribution in [0.3, 0.4) is 0 Å². The lowest BCUT2D eigenvalue weighted by atomic mass is 9.58. The molecule has 11 heteroatoms. The molecule has 0 spiro atoms. The van der Waals surface area contributed by atoms with Crippen molar-refractivity contribution in [3.63, 3.8) is 0 Å². The molecule has 1 aromatic carbocycles. The molecule has 0 saturated carbocycles. The number of allylic oxidation sites excluding steroid dienone is 1. The average Bonchev–Trinajstić information content (AvgIpc) is 2.84. The monoisotopic (exact) mass is 570 g/mol. The molecule has 41 heavy (non-hydrogen) atoms. The SMILES string of the molecule is CC(C)CCN(C)Cc1cc(O)c2c(c1N(C)C)C[C@H]1C[C@H]3[C@H](N(C)C)C(O)=C(C(N)=O)C(=O)[C@@]3(O)C(O)=C1C2=O. The predicted molar refractivity (Wildman–Crippen MR) is 154 cm³/mol. The normalized spacial score (nSPS) is 26.1. The Morgan fingerprint density at radius 2 is 1.76 bits per heavy atom. The number of aromatic hydroxyl groups is 1. The minimum Gasteiger partial charge on any atom is -0.510 e. The van der Waals surface area contributed by atoms with Gasteiger partial charge in [-0.15, -0.1) is 0 Å². The van der Waals surface area contributed by atoms with Gasteiger partial charge in [-0.3, -0.25) is 19.3 Å². The fourth-order valence-corrected chi connectivity index (χ4v) is 6.90. The third-order valence-corrected chi connectivity index (χ3v) is 8.75. The zero-order valence-electron chi connectivity index (χ0n) is 24.9. The highest BCUT2D eigenvalue weighted by atomic mass is 16.3. The average molecular weight is 571 g/mol. The number of Topliss-reactive ketones (excluding diaryl/α,β-unsaturated/α-hetero) is 2. The number of benzene rings is 1. The number of rotatable bonds is 8. The van der Waals surface area contributed by atoms with Crippen LogP contribution in [0.2, 0.25) is 0 Å². The van der Waals surface area contributed by atoms with Crippen LogP contribution in [0.1, 0.15) is 48.2 Å². The van der Waals surface area contributed by atoms with E-state index in [1.54, 1.807) is 25.1 Å². The van der Waals surface area contributed by atoms with Crippen molar-refractivity contribution in [2.75, 3.05) is 46.7 Å². The summed E-state index contributed by atoms with van der Waals surface area (Å²) in [5.74, 6) is -6.00. The summed E-state index contributed by atoms with van der Waals surface area (Å²) in [4.78, 5) is 45.2. The molecule has 224 valence electrons. The number of fused-ring (bicyclic) bond motifs is 3. The van der Waals surface area contributed by atoms with E-state index in [1.165, 1.54) is 0 Å². The first-order chi connectivity index (χ1) is 19.0. The Bertz CT molecular complexity index is 1360. The minimum atomic E-state index is -2.65. The van der Waals surface area contributed by atoms with E-state index in [9.17, 15) is 34.8 Å². The molecule has 1 amide bonds. The number of phenols is 1. The van der Waals surface area contributed by atoms with Gasteiger partial charge in [-0.1, -0.05) is 13.8 Å². The van der Waals surface area contributed by atoms with Gasteiger partial charge in [0.05, 0.1) is 11.6 Å². The van der Waals surface area contributed by atoms with Crippen LogP contribution in [0.25, 0.3) is 0 Å². The molecule has 11 nitrogen and oxygen atoms in total. The standard InChI is InChI=1S/C30H42N4O7/c1-14(2)8-9-34(7)13-16-12-19(35)21-17(23(16)32(3)4)10-15-11-18-24(33(5)6)26(37)22(29(31)40)28(39)30(18,41)27(38)20(15)25(21)36/h12,14-15,18,24,35,37-38,41H,8-11,13H2,1-7H3,(H2,31,40)/t15-,18-,24-,30-/m0/s1. The molecule has 0 aliphatic heterocycles. The Morgan fingerprint density at radius 1 is 1.12 bits per heavy atom. The number of amides is 1. The van der Waals surface area contributed by atoms with Crippen molar-refractivity contribution in [3.8, 4) is 5.75 Å². The summed E-state index contributed by atoms with van der Waals surface area (Å²) in [6.45, 7) is 5.72. The van der Waals surface area contributed by atoms with Crippen LogP contribution in [0.4, 0.5) is 5.69 Å². The lowest BCUT2D eigenvalue weighted by molar-refractivity contribution is -0.148. The Labute approximate surface area is 240 Å². The van der Waals surface area contributed by atoms with Crippen molar-refractivity contribution in [1.29, 1.82) is 0 Å². The third-order valence-electron chi connectivity index (χ3n) is 8.75. The number of aliphatic hydroxyl groups excluding tert-OH is 2. The van der Waals surface area contributed by atoms with Gasteiger partial charge < -0.3 is 36.0 Å². The highest BCUT2D eigenvalue weighted by molar-refractivity contribution is 6.24. The first kappa shape index (κ1) is 30.5. The maximum atomic E-state index is 14.0. The molecule has 0 aromatic heterocycles. The quantitative estimate of drug-likeness (QED) is 0.290. The summed E-state index contributed by atoms with van der Waals surface area (Å²) < 4.78 is 0. The van der Waals surface area contributed by atoms with Gasteiger partial charge in [-0.25, -0.2) is 0 Å². The lowest BCUT2D eigenvalue weighted by Gasteiger charge is -2.50. The molecule has 0 heterocycles. The number of ketones is 2. The highest BCUT2D eigenvalue weighted by Gasteiger charge is 2.63. The van der Waals surface area contributed by atoms with E-state index in [2.05, 4.69) is 18.7 Å². The molecule has 0 fully saturated rings. The van der Waals surface area contributed by atoms with Crippen molar-refractivity contribution >= 4 is 23.2 Å². The smallest absolute Gasteiger partial charge is 0.255 e. The van der Waals surface area contributed by atoms with Crippen molar-refractivity contribution in [3.05, 3.63) is 45.4 Å². The molecule has 6 N–H and O–H groups in total. The van der Waals surface area contributed by atoms with Gasteiger partial charge in [0.25, 0.3) is 5.91 Å². The van der Waals surface area contributed by atoms with Gasteiger partial charge in [0.1, 0.15) is 22.8 Å². The van der Waals surface area contributed by atoms with E-state index in [0.717, 1.165) is 24.2 Å². The third kappa shape index (κ3) is 4.79. The summed E-state index contributed by atoms with van der Waals surface area (Å²) in [7, 11) is 8.96. The molecule has 4 rings (SSSR count). The van der Waals surface area contributed by atoms with Gasteiger partial charge in [0, 0.05) is 37.8 Å². The van der Waals surface area contributed by atoms with Crippen LogP contribution < -0.4 is 10.6 Å². The number of carbonyl (C=O) groups is 3. The second kappa shape index (κ2) is 10.8. The van der Waals surface area contributed by atoms with E-state index in [4.69, 9.17) is 5.73 Å². The van der Waals surface area contributed by atoms with E-state index in [1.807, 2.05) is 26.0 Å². The van der Waals surface area contributed by atoms with Gasteiger partial charge in [-0.2, -0.15) is 0 Å². The van der Waals surface area contributed by atoms with Gasteiger partial charge >= 0.3 is 0 Å². The first-order valence-corrected chi connectivity index (χ1v) is 13.9. The van der Waals surface area contributed by atoms with E-state index in [-0.39, 0.29) is 29.7 Å². The first-order valence-electron chi connectivity index (χ1n) is 13.9. The summed E-state index contributed by atoms with van der Waals surface area (Å²) >= 11 is 0. The van der Waals surface area contributed by atoms with Crippen molar-refractivity contribution in [1.82, 2.24) is 9.80 Å². The lowest BCUT2D eigenvalue weighted by Crippen LogP contribution is -2.63. The predicted octanol–water partition coefficient (Wildman–Crippen LogP) is 1.66. The van der Waals surface area contributed by atoms with Gasteiger partial charge in [0.15, 0.2) is 11.4 Å². The number of primary amides is 1. The number of phenolic OH excluding ortho intramolecular Hbond substituents is 1. The summed E-state index contributed by atoms with van der Waals surface area (Å²) in [6, 6.07) is 0.541. The van der Waals surface area contributed by atoms with Crippen molar-refractivity contribution in [2.24, 2.45) is 23.5 Å². The van der Waals surface area contributed by atoms with Crippen LogP contribution in [-0.4, -0.2) is 101 Å².